The van der Waals surface area contributed by atoms with Gasteiger partial charge in [-0.05, 0) is 31.2 Å². The predicted molar refractivity (Wildman–Crippen MR) is 92.9 cm³/mol. The van der Waals surface area contributed by atoms with Crippen molar-refractivity contribution in [3.05, 3.63) is 42.0 Å². The monoisotopic (exact) mass is 342 g/mol. The van der Waals surface area contributed by atoms with E-state index in [4.69, 9.17) is 4.74 Å². The SMILES string of the molecule is COc1cc(F)ccc1N1CCN(c2ccc3nnc(C)n3n2)CC1. The zero-order valence-corrected chi connectivity index (χ0v) is 14.2. The molecule has 8 heteroatoms. The number of hydrogen-bond acceptors (Lipinski definition) is 6. The highest BCUT2D eigenvalue weighted by Gasteiger charge is 2.21. The maximum Gasteiger partial charge on any atom is 0.178 e. The van der Waals surface area contributed by atoms with Crippen LogP contribution in [0.4, 0.5) is 15.9 Å². The Bertz CT molecular complexity index is 903. The van der Waals surface area contributed by atoms with Crippen LogP contribution in [0.15, 0.2) is 30.3 Å². The fourth-order valence-corrected chi connectivity index (χ4v) is 3.14. The summed E-state index contributed by atoms with van der Waals surface area (Å²) < 4.78 is 20.5. The van der Waals surface area contributed by atoms with E-state index in [0.717, 1.165) is 49.2 Å². The molecule has 3 aromatic rings. The van der Waals surface area contributed by atoms with Gasteiger partial charge in [-0.3, -0.25) is 0 Å². The average molecular weight is 342 g/mol. The lowest BCUT2D eigenvalue weighted by molar-refractivity contribution is 0.410. The topological polar surface area (TPSA) is 58.8 Å². The van der Waals surface area contributed by atoms with Gasteiger partial charge in [0, 0.05) is 32.2 Å². The molecule has 7 nitrogen and oxygen atoms in total. The van der Waals surface area contributed by atoms with Gasteiger partial charge in [0.1, 0.15) is 17.4 Å². The largest absolute Gasteiger partial charge is 0.494 e. The smallest absolute Gasteiger partial charge is 0.178 e. The van der Waals surface area contributed by atoms with Gasteiger partial charge in [0.05, 0.1) is 12.8 Å². The summed E-state index contributed by atoms with van der Waals surface area (Å²) in [5.41, 5.74) is 1.66. The summed E-state index contributed by atoms with van der Waals surface area (Å²) in [5.74, 6) is 1.95. The van der Waals surface area contributed by atoms with Gasteiger partial charge in [-0.2, -0.15) is 4.52 Å². The van der Waals surface area contributed by atoms with E-state index in [1.807, 2.05) is 19.1 Å². The van der Waals surface area contributed by atoms with E-state index >= 15 is 0 Å². The highest BCUT2D eigenvalue weighted by Crippen LogP contribution is 2.30. The van der Waals surface area contributed by atoms with Gasteiger partial charge in [0.2, 0.25) is 0 Å². The zero-order chi connectivity index (χ0) is 17.4. The van der Waals surface area contributed by atoms with Crippen LogP contribution in [-0.2, 0) is 0 Å². The lowest BCUT2D eigenvalue weighted by Gasteiger charge is -2.37. The molecule has 0 N–H and O–H groups in total. The Morgan fingerprint density at radius 2 is 1.76 bits per heavy atom. The summed E-state index contributed by atoms with van der Waals surface area (Å²) >= 11 is 0. The number of fused-ring (bicyclic) bond motifs is 1. The fourth-order valence-electron chi connectivity index (χ4n) is 3.14. The summed E-state index contributed by atoms with van der Waals surface area (Å²) in [7, 11) is 1.56. The number of aryl methyl sites for hydroxylation is 1. The van der Waals surface area contributed by atoms with Crippen LogP contribution in [-0.4, -0.2) is 53.1 Å². The maximum absolute atomic E-state index is 13.4. The van der Waals surface area contributed by atoms with Crippen molar-refractivity contribution in [3.63, 3.8) is 0 Å². The number of rotatable bonds is 3. The second-order valence-electron chi connectivity index (χ2n) is 6.00. The quantitative estimate of drug-likeness (QED) is 0.725. The van der Waals surface area contributed by atoms with E-state index in [9.17, 15) is 4.39 Å². The zero-order valence-electron chi connectivity index (χ0n) is 14.2. The molecule has 1 aromatic carbocycles. The molecule has 0 radical (unpaired) electrons. The molecule has 4 rings (SSSR count). The molecule has 1 aliphatic heterocycles. The Kier molecular flexibility index (Phi) is 3.87. The van der Waals surface area contributed by atoms with E-state index in [1.165, 1.54) is 12.1 Å². The van der Waals surface area contributed by atoms with Crippen LogP contribution in [0.3, 0.4) is 0 Å². The van der Waals surface area contributed by atoms with E-state index in [-0.39, 0.29) is 5.82 Å². The van der Waals surface area contributed by atoms with Gasteiger partial charge in [-0.25, -0.2) is 4.39 Å². The molecule has 0 spiro atoms. The van der Waals surface area contributed by atoms with Gasteiger partial charge in [0.25, 0.3) is 0 Å². The van der Waals surface area contributed by atoms with Crippen molar-refractivity contribution < 1.29 is 9.13 Å². The molecule has 0 bridgehead atoms. The summed E-state index contributed by atoms with van der Waals surface area (Å²) in [6, 6.07) is 8.56. The Balaban J connectivity index is 1.51. The van der Waals surface area contributed by atoms with Gasteiger partial charge in [0.15, 0.2) is 11.5 Å². The number of piperazine rings is 1. The van der Waals surface area contributed by atoms with E-state index < -0.39 is 0 Å². The van der Waals surface area contributed by atoms with Crippen molar-refractivity contribution in [2.45, 2.75) is 6.92 Å². The Labute approximate surface area is 144 Å². The lowest BCUT2D eigenvalue weighted by Crippen LogP contribution is -2.47. The highest BCUT2D eigenvalue weighted by atomic mass is 19.1. The molecule has 0 unspecified atom stereocenters. The van der Waals surface area contributed by atoms with Crippen molar-refractivity contribution in [3.8, 4) is 5.75 Å². The van der Waals surface area contributed by atoms with Crippen LogP contribution in [0.5, 0.6) is 5.75 Å². The third-order valence-corrected chi connectivity index (χ3v) is 4.49. The predicted octanol–water partition coefficient (Wildman–Crippen LogP) is 1.91. The number of hydrogen-bond donors (Lipinski definition) is 0. The van der Waals surface area contributed by atoms with E-state index in [0.29, 0.717) is 5.75 Å². The fraction of sp³-hybridized carbons (Fsp3) is 0.353. The molecular formula is C17H19FN6O. The summed E-state index contributed by atoms with van der Waals surface area (Å²) in [6.07, 6.45) is 0. The molecule has 25 heavy (non-hydrogen) atoms. The van der Waals surface area contributed by atoms with Crippen molar-refractivity contribution in [1.82, 2.24) is 19.8 Å². The van der Waals surface area contributed by atoms with Crippen molar-refractivity contribution in [2.75, 3.05) is 43.1 Å². The minimum Gasteiger partial charge on any atom is -0.494 e. The second kappa shape index (κ2) is 6.19. The highest BCUT2D eigenvalue weighted by molar-refractivity contribution is 5.60. The number of benzene rings is 1. The summed E-state index contributed by atoms with van der Waals surface area (Å²) in [4.78, 5) is 4.43. The molecular weight excluding hydrogens is 323 g/mol. The molecule has 1 aliphatic rings. The third kappa shape index (κ3) is 2.84. The van der Waals surface area contributed by atoms with Crippen molar-refractivity contribution >= 4 is 17.2 Å². The van der Waals surface area contributed by atoms with Crippen LogP contribution < -0.4 is 14.5 Å². The second-order valence-corrected chi connectivity index (χ2v) is 6.00. The Morgan fingerprint density at radius 3 is 2.52 bits per heavy atom. The maximum atomic E-state index is 13.4. The first kappa shape index (κ1) is 15.6. The van der Waals surface area contributed by atoms with Crippen LogP contribution in [0.2, 0.25) is 0 Å². The summed E-state index contributed by atoms with van der Waals surface area (Å²) in [5, 5.41) is 12.7. The van der Waals surface area contributed by atoms with Crippen LogP contribution >= 0.6 is 0 Å². The number of anilines is 2. The number of nitrogens with zero attached hydrogens (tertiary/aromatic N) is 6. The van der Waals surface area contributed by atoms with Gasteiger partial charge in [-0.15, -0.1) is 15.3 Å². The van der Waals surface area contributed by atoms with Crippen LogP contribution in [0.25, 0.3) is 5.65 Å². The molecule has 3 heterocycles. The third-order valence-electron chi connectivity index (χ3n) is 4.49. The van der Waals surface area contributed by atoms with E-state index in [2.05, 4.69) is 25.1 Å². The molecule has 0 atom stereocenters. The molecule has 2 aromatic heterocycles. The van der Waals surface area contributed by atoms with Crippen molar-refractivity contribution in [1.29, 1.82) is 0 Å². The first-order valence-corrected chi connectivity index (χ1v) is 8.18. The molecule has 0 aliphatic carbocycles. The molecule has 0 saturated carbocycles. The number of ether oxygens (including phenoxy) is 1. The average Bonchev–Trinajstić information content (AvgIpc) is 3.02. The van der Waals surface area contributed by atoms with Gasteiger partial charge in [-0.1, -0.05) is 0 Å². The molecule has 1 saturated heterocycles. The molecule has 0 amide bonds. The molecule has 130 valence electrons. The normalized spacial score (nSPS) is 15.0. The van der Waals surface area contributed by atoms with Gasteiger partial charge < -0.3 is 14.5 Å². The number of methoxy groups -OCH3 is 1. The minimum absolute atomic E-state index is 0.291. The van der Waals surface area contributed by atoms with Crippen LogP contribution in [0, 0.1) is 12.7 Å². The Morgan fingerprint density at radius 1 is 1.00 bits per heavy atom. The Hall–Kier alpha value is -2.90. The van der Waals surface area contributed by atoms with Crippen LogP contribution in [0.1, 0.15) is 5.82 Å². The summed E-state index contributed by atoms with van der Waals surface area (Å²) in [6.45, 7) is 5.14. The lowest BCUT2D eigenvalue weighted by atomic mass is 10.2. The van der Waals surface area contributed by atoms with Crippen molar-refractivity contribution in [2.24, 2.45) is 0 Å². The standard InChI is InChI=1S/C17H19FN6O/c1-12-19-20-16-5-6-17(21-24(12)16)23-9-7-22(8-10-23)14-4-3-13(18)11-15(14)25-2/h3-6,11H,7-10H2,1-2H3. The van der Waals surface area contributed by atoms with Gasteiger partial charge >= 0.3 is 0 Å². The number of aromatic nitrogens is 4. The molecule has 1 fully saturated rings. The first-order chi connectivity index (χ1) is 12.2. The van der Waals surface area contributed by atoms with E-state index in [1.54, 1.807) is 17.7 Å². The number of halogens is 1. The minimum atomic E-state index is -0.291. The first-order valence-electron chi connectivity index (χ1n) is 8.18.